The second-order valence-corrected chi connectivity index (χ2v) is 7.67. The molecule has 0 unspecified atom stereocenters. The molecule has 1 aromatic heterocycles. The molecule has 164 valence electrons. The number of anilines is 2. The van der Waals surface area contributed by atoms with Crippen LogP contribution in [0.1, 0.15) is 25.1 Å². The van der Waals surface area contributed by atoms with Crippen molar-refractivity contribution in [3.63, 3.8) is 0 Å². The first-order chi connectivity index (χ1) is 14.5. The van der Waals surface area contributed by atoms with Crippen molar-refractivity contribution in [2.24, 2.45) is 0 Å². The zero-order chi connectivity index (χ0) is 23.3. The zero-order valence-electron chi connectivity index (χ0n) is 18.9. The highest BCUT2D eigenvalue weighted by molar-refractivity contribution is 6.09. The van der Waals surface area contributed by atoms with Crippen LogP contribution >= 0.6 is 0 Å². The largest absolute Gasteiger partial charge is 0.376 e. The topological polar surface area (TPSA) is 45.2 Å². The maximum absolute atomic E-state index is 13.6. The Balaban J connectivity index is 2.53. The summed E-state index contributed by atoms with van der Waals surface area (Å²) in [6.45, 7) is 10.7. The number of aryl methyl sites for hydroxylation is 2. The average molecular weight is 426 g/mol. The Morgan fingerprint density at radius 2 is 1.90 bits per heavy atom. The smallest absolute Gasteiger partial charge is 0.264 e. The fourth-order valence-electron chi connectivity index (χ4n) is 3.24. The molecular weight excluding hydrogens is 396 g/mol. The minimum Gasteiger partial charge on any atom is -0.376 e. The van der Waals surface area contributed by atoms with Crippen molar-refractivity contribution in [3.05, 3.63) is 77.2 Å². The number of carbonyl (C=O) groups is 1. The second kappa shape index (κ2) is 10.2. The summed E-state index contributed by atoms with van der Waals surface area (Å²) in [5.74, 6) is -0.602. The number of alkyl halides is 2. The third-order valence-electron chi connectivity index (χ3n) is 4.78. The number of pyridine rings is 1. The van der Waals surface area contributed by atoms with Crippen LogP contribution in [0.4, 0.5) is 20.2 Å². The van der Waals surface area contributed by atoms with Crippen molar-refractivity contribution in [2.45, 2.75) is 34.1 Å². The highest BCUT2D eigenvalue weighted by Gasteiger charge is 2.23. The molecule has 0 atom stereocenters. The minimum atomic E-state index is -2.80. The van der Waals surface area contributed by atoms with Gasteiger partial charge in [-0.15, -0.1) is 0 Å². The maximum Gasteiger partial charge on any atom is 0.264 e. The molecule has 2 aromatic rings. The molecule has 1 amide bonds. The first-order valence-corrected chi connectivity index (χ1v) is 9.93. The third-order valence-corrected chi connectivity index (χ3v) is 4.78. The lowest BCUT2D eigenvalue weighted by Gasteiger charge is -2.22. The van der Waals surface area contributed by atoms with E-state index in [4.69, 9.17) is 0 Å². The van der Waals surface area contributed by atoms with Gasteiger partial charge in [-0.3, -0.25) is 9.78 Å². The van der Waals surface area contributed by atoms with Crippen LogP contribution in [0.2, 0.25) is 0 Å². The molecule has 0 saturated carbocycles. The summed E-state index contributed by atoms with van der Waals surface area (Å²) < 4.78 is 27.3. The van der Waals surface area contributed by atoms with E-state index < -0.39 is 12.3 Å². The van der Waals surface area contributed by atoms with Crippen molar-refractivity contribution in [3.8, 4) is 11.1 Å². The lowest BCUT2D eigenvalue weighted by atomic mass is 9.99. The van der Waals surface area contributed by atoms with E-state index in [1.807, 2.05) is 57.1 Å². The summed E-state index contributed by atoms with van der Waals surface area (Å²) in [7, 11) is 3.72. The highest BCUT2D eigenvalue weighted by Crippen LogP contribution is 2.34. The molecule has 0 spiro atoms. The van der Waals surface area contributed by atoms with Gasteiger partial charge in [-0.25, -0.2) is 8.78 Å². The predicted molar refractivity (Wildman–Crippen MR) is 125 cm³/mol. The van der Waals surface area contributed by atoms with Crippen molar-refractivity contribution < 1.29 is 13.6 Å². The van der Waals surface area contributed by atoms with Gasteiger partial charge in [0.2, 0.25) is 0 Å². The number of hydrogen-bond acceptors (Lipinski definition) is 3. The van der Waals surface area contributed by atoms with Crippen molar-refractivity contribution >= 4 is 17.3 Å². The van der Waals surface area contributed by atoms with E-state index >= 15 is 0 Å². The van der Waals surface area contributed by atoms with Crippen LogP contribution in [0.3, 0.4) is 0 Å². The summed E-state index contributed by atoms with van der Waals surface area (Å²) in [5, 5.41) is 2.83. The van der Waals surface area contributed by atoms with Gasteiger partial charge in [0.05, 0.1) is 11.4 Å². The van der Waals surface area contributed by atoms with Crippen LogP contribution in [0.5, 0.6) is 0 Å². The monoisotopic (exact) mass is 425 g/mol. The van der Waals surface area contributed by atoms with Crippen molar-refractivity contribution in [1.29, 1.82) is 0 Å². The van der Waals surface area contributed by atoms with Crippen molar-refractivity contribution in [1.82, 2.24) is 4.98 Å². The number of aromatic nitrogens is 1. The number of halogens is 2. The van der Waals surface area contributed by atoms with Crippen LogP contribution in [0.15, 0.2) is 65.9 Å². The highest BCUT2D eigenvalue weighted by atomic mass is 19.3. The molecule has 31 heavy (non-hydrogen) atoms. The molecule has 2 rings (SSSR count). The first-order valence-electron chi connectivity index (χ1n) is 9.93. The van der Waals surface area contributed by atoms with Crippen molar-refractivity contribution in [2.75, 3.05) is 24.3 Å². The van der Waals surface area contributed by atoms with Gasteiger partial charge in [0, 0.05) is 42.7 Å². The number of hydrogen-bond donors (Lipinski definition) is 1. The SMILES string of the molecule is C=C(C)/C=C(\C(=C/C)C(=O)Nc1cc(-c2ccc(C)nc2)c(C)cc1N(C)C)C(F)F. The van der Waals surface area contributed by atoms with E-state index in [1.54, 1.807) is 20.0 Å². The van der Waals surface area contributed by atoms with E-state index in [0.29, 0.717) is 11.3 Å². The van der Waals surface area contributed by atoms with E-state index in [0.717, 1.165) is 28.1 Å². The van der Waals surface area contributed by atoms with E-state index in [2.05, 4.69) is 16.9 Å². The molecule has 1 aromatic carbocycles. The Kier molecular flexibility index (Phi) is 7.86. The molecule has 6 heteroatoms. The Morgan fingerprint density at radius 1 is 1.23 bits per heavy atom. The van der Waals surface area contributed by atoms with Gasteiger partial charge in [0.25, 0.3) is 12.3 Å². The summed E-state index contributed by atoms with van der Waals surface area (Å²) in [6, 6.07) is 7.69. The first kappa shape index (κ1) is 24.0. The van der Waals surface area contributed by atoms with Gasteiger partial charge in [-0.2, -0.15) is 0 Å². The molecule has 0 aliphatic rings. The molecule has 0 bridgehead atoms. The van der Waals surface area contributed by atoms with Gasteiger partial charge < -0.3 is 10.2 Å². The molecular formula is C25H29F2N3O. The van der Waals surface area contributed by atoms with Gasteiger partial charge >= 0.3 is 0 Å². The van der Waals surface area contributed by atoms with Crippen LogP contribution in [0.25, 0.3) is 11.1 Å². The molecule has 0 radical (unpaired) electrons. The lowest BCUT2D eigenvalue weighted by molar-refractivity contribution is -0.112. The van der Waals surface area contributed by atoms with Crippen LogP contribution in [-0.2, 0) is 4.79 Å². The number of amides is 1. The zero-order valence-corrected chi connectivity index (χ0v) is 18.9. The molecule has 0 aliphatic carbocycles. The number of carbonyl (C=O) groups excluding carboxylic acids is 1. The minimum absolute atomic E-state index is 0.0816. The summed E-state index contributed by atoms with van der Waals surface area (Å²) in [5.41, 5.74) is 5.03. The van der Waals surface area contributed by atoms with E-state index in [9.17, 15) is 13.6 Å². The van der Waals surface area contributed by atoms with Gasteiger partial charge in [0.1, 0.15) is 0 Å². The molecule has 4 nitrogen and oxygen atoms in total. The molecule has 0 saturated heterocycles. The average Bonchev–Trinajstić information content (AvgIpc) is 2.69. The van der Waals surface area contributed by atoms with Crippen LogP contribution < -0.4 is 10.2 Å². The van der Waals surface area contributed by atoms with Gasteiger partial charge in [-0.1, -0.05) is 30.4 Å². The normalized spacial score (nSPS) is 12.2. The van der Waals surface area contributed by atoms with Gasteiger partial charge in [-0.05, 0) is 57.0 Å². The molecule has 1 heterocycles. The van der Waals surface area contributed by atoms with E-state index in [1.165, 1.54) is 12.2 Å². The standard InChI is InChI=1S/C25H29F2N3O/c1-8-19(21(24(26)27)11-15(2)3)25(31)29-22-13-20(16(4)12-23(22)30(6)7)18-10-9-17(5)28-14-18/h8-14,24H,2H2,1,3-7H3,(H,29,31)/b19-8+,21-11+. The fraction of sp³-hybridized carbons (Fsp3) is 0.280. The number of nitrogens with zero attached hydrogens (tertiary/aromatic N) is 2. The number of allylic oxidation sites excluding steroid dienone is 3. The third kappa shape index (κ3) is 5.87. The Bertz CT molecular complexity index is 1040. The Labute approximate surface area is 183 Å². The Hall–Kier alpha value is -3.28. The molecule has 0 aliphatic heterocycles. The lowest BCUT2D eigenvalue weighted by Crippen LogP contribution is -2.21. The number of rotatable bonds is 7. The number of benzene rings is 1. The molecule has 0 fully saturated rings. The summed E-state index contributed by atoms with van der Waals surface area (Å²) >= 11 is 0. The van der Waals surface area contributed by atoms with E-state index in [-0.39, 0.29) is 11.1 Å². The second-order valence-electron chi connectivity index (χ2n) is 7.67. The summed E-state index contributed by atoms with van der Waals surface area (Å²) in [6.07, 6.45) is 1.62. The van der Waals surface area contributed by atoms with Gasteiger partial charge in [0.15, 0.2) is 0 Å². The quantitative estimate of drug-likeness (QED) is 0.432. The van der Waals surface area contributed by atoms with Crippen LogP contribution in [0, 0.1) is 13.8 Å². The number of nitrogens with one attached hydrogen (secondary N) is 1. The predicted octanol–water partition coefficient (Wildman–Crippen LogP) is 6.08. The fourth-order valence-corrected chi connectivity index (χ4v) is 3.24. The maximum atomic E-state index is 13.6. The summed E-state index contributed by atoms with van der Waals surface area (Å²) in [4.78, 5) is 19.2. The molecule has 1 N–H and O–H groups in total. The Morgan fingerprint density at radius 3 is 2.39 bits per heavy atom. The van der Waals surface area contributed by atoms with Crippen LogP contribution in [-0.4, -0.2) is 31.4 Å².